The van der Waals surface area contributed by atoms with Crippen LogP contribution in [0.1, 0.15) is 5.56 Å². The zero-order valence-electron chi connectivity index (χ0n) is 11.0. The van der Waals surface area contributed by atoms with Crippen LogP contribution in [0.4, 0.5) is 13.2 Å². The van der Waals surface area contributed by atoms with Gasteiger partial charge in [0.25, 0.3) is 0 Å². The number of aromatic nitrogens is 1. The van der Waals surface area contributed by atoms with E-state index in [0.29, 0.717) is 15.8 Å². The smallest absolute Gasteiger partial charge is 0.417 e. The minimum absolute atomic E-state index is 0.0134. The fourth-order valence-corrected chi connectivity index (χ4v) is 3.18. The summed E-state index contributed by atoms with van der Waals surface area (Å²) >= 11 is 1.34. The maximum atomic E-state index is 13.5. The van der Waals surface area contributed by atoms with Gasteiger partial charge in [0.1, 0.15) is 5.58 Å². The first-order valence-electron chi connectivity index (χ1n) is 6.47. The van der Waals surface area contributed by atoms with E-state index < -0.39 is 11.7 Å². The molecule has 0 saturated heterocycles. The van der Waals surface area contributed by atoms with Gasteiger partial charge >= 0.3 is 6.18 Å². The molecule has 3 aromatic heterocycles. The molecule has 3 heterocycles. The predicted molar refractivity (Wildman–Crippen MR) is 79.8 cm³/mol. The number of hydrogen-bond donors (Lipinski definition) is 0. The highest BCUT2D eigenvalue weighted by Gasteiger charge is 2.35. The molecular formula is C16H8F3NOS. The van der Waals surface area contributed by atoms with Crippen LogP contribution >= 0.6 is 11.3 Å². The minimum Gasteiger partial charge on any atom is -0.438 e. The molecule has 22 heavy (non-hydrogen) atoms. The largest absolute Gasteiger partial charge is 0.438 e. The van der Waals surface area contributed by atoms with E-state index in [0.717, 1.165) is 6.07 Å². The molecule has 0 spiro atoms. The van der Waals surface area contributed by atoms with E-state index in [1.807, 2.05) is 0 Å². The summed E-state index contributed by atoms with van der Waals surface area (Å²) in [6.45, 7) is 0. The number of para-hydroxylation sites is 1. The van der Waals surface area contributed by atoms with Crippen LogP contribution in [0.25, 0.3) is 32.6 Å². The number of nitrogens with zero attached hydrogens (tertiary/aromatic N) is 1. The molecule has 4 aromatic rings. The van der Waals surface area contributed by atoms with Crippen LogP contribution in [-0.2, 0) is 6.18 Å². The summed E-state index contributed by atoms with van der Waals surface area (Å²) in [5.41, 5.74) is -0.0296. The number of furan rings is 1. The SMILES string of the molecule is FC(F)(F)c1cc(-c2cccs2)nc2oc3ccccc3c12. The summed E-state index contributed by atoms with van der Waals surface area (Å²) in [5.74, 6) is 0. The van der Waals surface area contributed by atoms with Crippen molar-refractivity contribution < 1.29 is 17.6 Å². The number of hydrogen-bond acceptors (Lipinski definition) is 3. The van der Waals surface area contributed by atoms with Crippen molar-refractivity contribution in [2.24, 2.45) is 0 Å². The summed E-state index contributed by atoms with van der Waals surface area (Å²) in [5, 5.41) is 2.24. The van der Waals surface area contributed by atoms with Crippen molar-refractivity contribution in [3.63, 3.8) is 0 Å². The first kappa shape index (κ1) is 13.3. The number of halogens is 3. The Hall–Kier alpha value is -2.34. The third kappa shape index (κ3) is 1.99. The second-order valence-corrected chi connectivity index (χ2v) is 5.76. The molecule has 0 saturated carbocycles. The van der Waals surface area contributed by atoms with Gasteiger partial charge < -0.3 is 4.42 Å². The first-order valence-corrected chi connectivity index (χ1v) is 7.35. The van der Waals surface area contributed by atoms with Crippen molar-refractivity contribution in [2.75, 3.05) is 0 Å². The van der Waals surface area contributed by atoms with Gasteiger partial charge in [-0.2, -0.15) is 13.2 Å². The highest BCUT2D eigenvalue weighted by molar-refractivity contribution is 7.13. The van der Waals surface area contributed by atoms with E-state index in [-0.39, 0.29) is 16.8 Å². The van der Waals surface area contributed by atoms with Crippen molar-refractivity contribution in [3.8, 4) is 10.6 Å². The van der Waals surface area contributed by atoms with E-state index >= 15 is 0 Å². The molecule has 0 aliphatic rings. The molecule has 0 unspecified atom stereocenters. The monoisotopic (exact) mass is 319 g/mol. The van der Waals surface area contributed by atoms with Crippen LogP contribution < -0.4 is 0 Å². The standard InChI is InChI=1S/C16H8F3NOS/c17-16(18,19)10-8-11(13-6-3-7-22-13)20-15-14(10)9-4-1-2-5-12(9)21-15/h1-8H. The Morgan fingerprint density at radius 2 is 1.86 bits per heavy atom. The molecule has 4 rings (SSSR count). The van der Waals surface area contributed by atoms with Gasteiger partial charge in [-0.15, -0.1) is 11.3 Å². The second-order valence-electron chi connectivity index (χ2n) is 4.81. The highest BCUT2D eigenvalue weighted by Crippen LogP contribution is 2.41. The average Bonchev–Trinajstić information content (AvgIpc) is 3.12. The summed E-state index contributed by atoms with van der Waals surface area (Å²) in [6.07, 6.45) is -4.47. The fraction of sp³-hybridized carbons (Fsp3) is 0.0625. The minimum atomic E-state index is -4.47. The molecule has 0 fully saturated rings. The summed E-state index contributed by atoms with van der Waals surface area (Å²) in [7, 11) is 0. The molecular weight excluding hydrogens is 311 g/mol. The number of benzene rings is 1. The van der Waals surface area contributed by atoms with E-state index in [9.17, 15) is 13.2 Å². The molecule has 2 nitrogen and oxygen atoms in total. The second kappa shape index (κ2) is 4.58. The molecule has 110 valence electrons. The number of fused-ring (bicyclic) bond motifs is 3. The number of pyridine rings is 1. The van der Waals surface area contributed by atoms with Crippen LogP contribution in [0.2, 0.25) is 0 Å². The van der Waals surface area contributed by atoms with Crippen molar-refractivity contribution in [1.29, 1.82) is 0 Å². The molecule has 0 amide bonds. The summed E-state index contributed by atoms with van der Waals surface area (Å²) in [4.78, 5) is 4.95. The van der Waals surface area contributed by atoms with E-state index in [1.165, 1.54) is 11.3 Å². The highest BCUT2D eigenvalue weighted by atomic mass is 32.1. The summed E-state index contributed by atoms with van der Waals surface area (Å²) < 4.78 is 46.0. The molecule has 0 N–H and O–H groups in total. The zero-order valence-corrected chi connectivity index (χ0v) is 11.8. The fourth-order valence-electron chi connectivity index (χ4n) is 2.50. The Morgan fingerprint density at radius 3 is 2.59 bits per heavy atom. The summed E-state index contributed by atoms with van der Waals surface area (Å²) in [6, 6.07) is 11.3. The Kier molecular flexibility index (Phi) is 2.77. The average molecular weight is 319 g/mol. The molecule has 1 aromatic carbocycles. The zero-order chi connectivity index (χ0) is 15.3. The first-order chi connectivity index (χ1) is 10.5. The van der Waals surface area contributed by atoms with Gasteiger partial charge in [-0.05, 0) is 23.6 Å². The molecule has 0 aliphatic carbocycles. The normalized spacial score (nSPS) is 12.3. The third-order valence-electron chi connectivity index (χ3n) is 3.43. The van der Waals surface area contributed by atoms with Crippen molar-refractivity contribution in [2.45, 2.75) is 6.18 Å². The lowest BCUT2D eigenvalue weighted by molar-refractivity contribution is -0.136. The third-order valence-corrected chi connectivity index (χ3v) is 4.32. The van der Waals surface area contributed by atoms with Gasteiger partial charge in [-0.1, -0.05) is 24.3 Å². The van der Waals surface area contributed by atoms with Gasteiger partial charge in [0.2, 0.25) is 5.71 Å². The van der Waals surface area contributed by atoms with E-state index in [2.05, 4.69) is 4.98 Å². The number of rotatable bonds is 1. The Bertz CT molecular complexity index is 970. The Balaban J connectivity index is 2.14. The molecule has 0 radical (unpaired) electrons. The van der Waals surface area contributed by atoms with Crippen molar-refractivity contribution in [3.05, 3.63) is 53.4 Å². The molecule has 0 bridgehead atoms. The van der Waals surface area contributed by atoms with Crippen LogP contribution in [0.15, 0.2) is 52.3 Å². The molecule has 0 atom stereocenters. The van der Waals surface area contributed by atoms with Crippen molar-refractivity contribution in [1.82, 2.24) is 4.98 Å². The number of alkyl halides is 3. The van der Waals surface area contributed by atoms with Crippen LogP contribution in [0.5, 0.6) is 0 Å². The van der Waals surface area contributed by atoms with Gasteiger partial charge in [0.05, 0.1) is 21.5 Å². The lowest BCUT2D eigenvalue weighted by Crippen LogP contribution is -2.06. The van der Waals surface area contributed by atoms with E-state index in [1.54, 1.807) is 41.8 Å². The van der Waals surface area contributed by atoms with Gasteiger partial charge in [0.15, 0.2) is 0 Å². The Labute approximate surface area is 126 Å². The van der Waals surface area contributed by atoms with Crippen LogP contribution in [0.3, 0.4) is 0 Å². The molecule has 0 aliphatic heterocycles. The maximum absolute atomic E-state index is 13.5. The van der Waals surface area contributed by atoms with Gasteiger partial charge in [0, 0.05) is 5.39 Å². The lowest BCUT2D eigenvalue weighted by Gasteiger charge is -2.09. The maximum Gasteiger partial charge on any atom is 0.417 e. The van der Waals surface area contributed by atoms with E-state index in [4.69, 9.17) is 4.42 Å². The topological polar surface area (TPSA) is 26.0 Å². The van der Waals surface area contributed by atoms with Gasteiger partial charge in [-0.25, -0.2) is 4.98 Å². The van der Waals surface area contributed by atoms with Crippen LogP contribution in [-0.4, -0.2) is 4.98 Å². The van der Waals surface area contributed by atoms with Gasteiger partial charge in [-0.3, -0.25) is 0 Å². The number of thiophene rings is 1. The predicted octanol–water partition coefficient (Wildman–Crippen LogP) is 5.73. The molecule has 6 heteroatoms. The quantitative estimate of drug-likeness (QED) is 0.448. The van der Waals surface area contributed by atoms with Crippen molar-refractivity contribution >= 4 is 33.4 Å². The van der Waals surface area contributed by atoms with Crippen LogP contribution in [0, 0.1) is 0 Å². The Morgan fingerprint density at radius 1 is 1.05 bits per heavy atom. The lowest BCUT2D eigenvalue weighted by atomic mass is 10.1.